The Morgan fingerprint density at radius 3 is 2.58 bits per heavy atom. The maximum atomic E-state index is 13.9. The maximum absolute atomic E-state index is 13.9. The molecule has 0 radical (unpaired) electrons. The molecule has 0 bridgehead atoms. The molecule has 1 aliphatic rings. The monoisotopic (exact) mass is 488 g/mol. The third-order valence-electron chi connectivity index (χ3n) is 6.86. The molecule has 3 aromatic rings. The second-order valence-corrected chi connectivity index (χ2v) is 9.07. The largest absolute Gasteiger partial charge is 0.359 e. The van der Waals surface area contributed by atoms with Gasteiger partial charge in [-0.1, -0.05) is 38.1 Å². The van der Waals surface area contributed by atoms with Crippen LogP contribution < -0.4 is 10.6 Å². The molecule has 6 nitrogen and oxygen atoms in total. The van der Waals surface area contributed by atoms with Crippen LogP contribution in [0, 0.1) is 19.7 Å². The maximum Gasteiger partial charge on any atom is 0.256 e. The highest BCUT2D eigenvalue weighted by Crippen LogP contribution is 2.40. The number of likely N-dealkylation sites (N-methyl/N-ethyl adjacent to an activating group) is 1. The molecule has 0 saturated heterocycles. The standard InChI is InChI=1S/C29H33FN4O2/c1-5-34(6-2)14-13-31-27(35)17-23-18(3)26(32-19(23)4)16-24-28-22(20-9-7-10-21(30)15-20)11-8-12-25(28)33-29(24)36/h7-12,15-16,32H,5-6,13-14,17H2,1-4H3,(H,31,35)(H,33,36). The van der Waals surface area contributed by atoms with Gasteiger partial charge in [-0.2, -0.15) is 0 Å². The van der Waals surface area contributed by atoms with Crippen LogP contribution in [-0.2, 0) is 16.0 Å². The molecule has 0 atom stereocenters. The second-order valence-electron chi connectivity index (χ2n) is 9.07. The van der Waals surface area contributed by atoms with Crippen molar-refractivity contribution in [2.45, 2.75) is 34.1 Å². The number of H-pyrrole nitrogens is 1. The van der Waals surface area contributed by atoms with E-state index >= 15 is 0 Å². The third-order valence-corrected chi connectivity index (χ3v) is 6.86. The van der Waals surface area contributed by atoms with Gasteiger partial charge < -0.3 is 20.5 Å². The topological polar surface area (TPSA) is 77.2 Å². The number of halogens is 1. The van der Waals surface area contributed by atoms with Crippen LogP contribution in [0.5, 0.6) is 0 Å². The Labute approximate surface area is 211 Å². The fourth-order valence-corrected chi connectivity index (χ4v) is 4.77. The first-order valence-corrected chi connectivity index (χ1v) is 12.4. The predicted molar refractivity (Wildman–Crippen MR) is 143 cm³/mol. The molecule has 0 aliphatic carbocycles. The summed E-state index contributed by atoms with van der Waals surface area (Å²) in [6.07, 6.45) is 2.10. The zero-order valence-electron chi connectivity index (χ0n) is 21.3. The quantitative estimate of drug-likeness (QED) is 0.374. The van der Waals surface area contributed by atoms with Crippen molar-refractivity contribution in [2.24, 2.45) is 0 Å². The molecule has 7 heteroatoms. The number of nitrogens with zero attached hydrogens (tertiary/aromatic N) is 1. The minimum absolute atomic E-state index is 0.0242. The van der Waals surface area contributed by atoms with Gasteiger partial charge in [-0.05, 0) is 73.5 Å². The molecule has 188 valence electrons. The highest BCUT2D eigenvalue weighted by Gasteiger charge is 2.28. The Morgan fingerprint density at radius 2 is 1.86 bits per heavy atom. The van der Waals surface area contributed by atoms with Crippen molar-refractivity contribution in [2.75, 3.05) is 31.5 Å². The lowest BCUT2D eigenvalue weighted by atomic mass is 9.94. The van der Waals surface area contributed by atoms with Gasteiger partial charge in [-0.15, -0.1) is 0 Å². The number of nitrogens with one attached hydrogen (secondary N) is 3. The van der Waals surface area contributed by atoms with E-state index in [-0.39, 0.29) is 24.1 Å². The lowest BCUT2D eigenvalue weighted by Gasteiger charge is -2.18. The average Bonchev–Trinajstić information content (AvgIpc) is 3.32. The SMILES string of the molecule is CCN(CC)CCNC(=O)Cc1c(C)[nH]c(C=C2C(=O)Nc3cccc(-c4cccc(F)c4)c32)c1C. The molecule has 4 rings (SSSR count). The van der Waals surface area contributed by atoms with Gasteiger partial charge in [0, 0.05) is 35.7 Å². The van der Waals surface area contributed by atoms with Crippen molar-refractivity contribution < 1.29 is 14.0 Å². The molecule has 36 heavy (non-hydrogen) atoms. The van der Waals surface area contributed by atoms with Crippen LogP contribution in [0.25, 0.3) is 22.8 Å². The Balaban J connectivity index is 1.61. The molecule has 3 N–H and O–H groups in total. The Kier molecular flexibility index (Phi) is 7.70. The summed E-state index contributed by atoms with van der Waals surface area (Å²) >= 11 is 0. The van der Waals surface area contributed by atoms with Crippen LogP contribution in [0.15, 0.2) is 42.5 Å². The van der Waals surface area contributed by atoms with Crippen molar-refractivity contribution >= 4 is 29.2 Å². The van der Waals surface area contributed by atoms with Crippen LogP contribution in [-0.4, -0.2) is 47.9 Å². The number of aromatic amines is 1. The average molecular weight is 489 g/mol. The van der Waals surface area contributed by atoms with Crippen molar-refractivity contribution in [3.8, 4) is 11.1 Å². The van der Waals surface area contributed by atoms with E-state index in [1.165, 1.54) is 12.1 Å². The van der Waals surface area contributed by atoms with Crippen LogP contribution in [0.2, 0.25) is 0 Å². The van der Waals surface area contributed by atoms with Gasteiger partial charge in [0.25, 0.3) is 5.91 Å². The molecular weight excluding hydrogens is 455 g/mol. The van der Waals surface area contributed by atoms with E-state index in [4.69, 9.17) is 0 Å². The molecule has 2 aromatic carbocycles. The van der Waals surface area contributed by atoms with Crippen LogP contribution >= 0.6 is 0 Å². The summed E-state index contributed by atoms with van der Waals surface area (Å²) in [7, 11) is 0. The van der Waals surface area contributed by atoms with Crippen LogP contribution in [0.3, 0.4) is 0 Å². The lowest BCUT2D eigenvalue weighted by Crippen LogP contribution is -2.35. The minimum atomic E-state index is -0.330. The minimum Gasteiger partial charge on any atom is -0.359 e. The van der Waals surface area contributed by atoms with Gasteiger partial charge >= 0.3 is 0 Å². The zero-order chi connectivity index (χ0) is 25.8. The van der Waals surface area contributed by atoms with Crippen molar-refractivity contribution in [1.82, 2.24) is 15.2 Å². The summed E-state index contributed by atoms with van der Waals surface area (Å²) in [6.45, 7) is 11.5. The van der Waals surface area contributed by atoms with Crippen molar-refractivity contribution in [3.05, 3.63) is 76.4 Å². The van der Waals surface area contributed by atoms with Gasteiger partial charge in [0.05, 0.1) is 12.0 Å². The number of aryl methyl sites for hydroxylation is 1. The Hall–Kier alpha value is -3.71. The number of anilines is 1. The number of carbonyl (C=O) groups is 2. The van der Waals surface area contributed by atoms with E-state index in [2.05, 4.69) is 34.4 Å². The van der Waals surface area contributed by atoms with Gasteiger partial charge in [-0.25, -0.2) is 4.39 Å². The predicted octanol–water partition coefficient (Wildman–Crippen LogP) is 4.93. The lowest BCUT2D eigenvalue weighted by molar-refractivity contribution is -0.120. The van der Waals surface area contributed by atoms with E-state index in [0.29, 0.717) is 23.4 Å². The number of rotatable bonds is 9. The first kappa shape index (κ1) is 25.4. The first-order valence-electron chi connectivity index (χ1n) is 12.4. The third kappa shape index (κ3) is 5.26. The number of hydrogen-bond donors (Lipinski definition) is 3. The van der Waals surface area contributed by atoms with Crippen LogP contribution in [0.4, 0.5) is 10.1 Å². The summed E-state index contributed by atoms with van der Waals surface area (Å²) in [5.41, 5.74) is 6.98. The van der Waals surface area contributed by atoms with E-state index in [1.54, 1.807) is 6.07 Å². The fraction of sp³-hybridized carbons (Fsp3) is 0.310. The number of aromatic nitrogens is 1. The zero-order valence-corrected chi connectivity index (χ0v) is 21.3. The Bertz CT molecular complexity index is 1320. The Morgan fingerprint density at radius 1 is 1.11 bits per heavy atom. The number of fused-ring (bicyclic) bond motifs is 1. The summed E-state index contributed by atoms with van der Waals surface area (Å²) in [5.74, 6) is -0.566. The molecule has 0 fully saturated rings. The number of hydrogen-bond acceptors (Lipinski definition) is 3. The molecule has 0 saturated carbocycles. The first-order chi connectivity index (χ1) is 17.3. The van der Waals surface area contributed by atoms with Crippen LogP contribution in [0.1, 0.15) is 41.9 Å². The number of amides is 2. The number of carbonyl (C=O) groups excluding carboxylic acids is 2. The van der Waals surface area contributed by atoms with E-state index in [0.717, 1.165) is 53.3 Å². The van der Waals surface area contributed by atoms with Gasteiger partial charge in [0.1, 0.15) is 5.82 Å². The molecule has 0 spiro atoms. The normalized spacial score (nSPS) is 13.8. The molecule has 2 heterocycles. The van der Waals surface area contributed by atoms with Crippen molar-refractivity contribution in [1.29, 1.82) is 0 Å². The summed E-state index contributed by atoms with van der Waals surface area (Å²) < 4.78 is 13.9. The van der Waals surface area contributed by atoms with E-state index in [9.17, 15) is 14.0 Å². The fourth-order valence-electron chi connectivity index (χ4n) is 4.77. The van der Waals surface area contributed by atoms with Gasteiger partial charge in [0.15, 0.2) is 0 Å². The van der Waals surface area contributed by atoms with Crippen molar-refractivity contribution in [3.63, 3.8) is 0 Å². The number of benzene rings is 2. The molecule has 0 unspecified atom stereocenters. The van der Waals surface area contributed by atoms with E-state index in [1.807, 2.05) is 44.2 Å². The molecule has 2 amide bonds. The molecular formula is C29H33FN4O2. The molecule has 1 aromatic heterocycles. The summed E-state index contributed by atoms with van der Waals surface area (Å²) in [5, 5.41) is 5.94. The highest BCUT2D eigenvalue weighted by atomic mass is 19.1. The van der Waals surface area contributed by atoms with Gasteiger partial charge in [0.2, 0.25) is 5.91 Å². The molecule has 1 aliphatic heterocycles. The second kappa shape index (κ2) is 10.9. The van der Waals surface area contributed by atoms with E-state index < -0.39 is 0 Å². The highest BCUT2D eigenvalue weighted by molar-refractivity contribution is 6.36. The summed E-state index contributed by atoms with van der Waals surface area (Å²) in [4.78, 5) is 31.2. The van der Waals surface area contributed by atoms with Gasteiger partial charge in [-0.3, -0.25) is 9.59 Å². The smallest absolute Gasteiger partial charge is 0.256 e. The summed E-state index contributed by atoms with van der Waals surface area (Å²) in [6, 6.07) is 12.0.